The zero-order chi connectivity index (χ0) is 26.4. The Bertz CT molecular complexity index is 1240. The van der Waals surface area contributed by atoms with Crippen LogP contribution in [0.5, 0.6) is 5.75 Å². The molecule has 0 radical (unpaired) electrons. The highest BCUT2D eigenvalue weighted by molar-refractivity contribution is 7.10. The van der Waals surface area contributed by atoms with Gasteiger partial charge in [0, 0.05) is 46.8 Å². The molecule has 36 heavy (non-hydrogen) atoms. The SMILES string of the molecule is Cc1ccc(C(=O)N2CCC(c3nc(-c4cc(C(C)(C)C)c(O)c(C(C)(C)C)c4)cs3)CC2)c(Cl)n1. The van der Waals surface area contributed by atoms with E-state index in [1.165, 1.54) is 0 Å². The number of phenolic OH excluding ortho intramolecular Hbond substituents is 1. The standard InChI is InChI=1S/C29H36ClN3O2S/c1-17-8-9-20(25(30)31-17)27(35)33-12-10-18(11-13-33)26-32-23(16-36-26)19-14-21(28(2,3)4)24(34)22(15-19)29(5,6)7/h8-9,14-16,18,34H,10-13H2,1-7H3. The predicted octanol–water partition coefficient (Wildman–Crippen LogP) is 7.49. The van der Waals surface area contributed by atoms with Crippen LogP contribution in [-0.2, 0) is 10.8 Å². The number of phenols is 1. The van der Waals surface area contributed by atoms with Crippen molar-refractivity contribution in [2.75, 3.05) is 13.1 Å². The van der Waals surface area contributed by atoms with Crippen LogP contribution in [0.4, 0.5) is 0 Å². The van der Waals surface area contributed by atoms with Crippen molar-refractivity contribution in [3.8, 4) is 17.0 Å². The monoisotopic (exact) mass is 525 g/mol. The van der Waals surface area contributed by atoms with Crippen LogP contribution in [-0.4, -0.2) is 39.0 Å². The number of pyridine rings is 1. The fourth-order valence-electron chi connectivity index (χ4n) is 4.72. The second-order valence-electron chi connectivity index (χ2n) is 11.8. The number of thiazole rings is 1. The molecule has 7 heteroatoms. The first kappa shape index (κ1) is 26.6. The number of aromatic hydroxyl groups is 1. The lowest BCUT2D eigenvalue weighted by atomic mass is 9.78. The van der Waals surface area contributed by atoms with Crippen LogP contribution in [0, 0.1) is 6.92 Å². The van der Waals surface area contributed by atoms with Crippen LogP contribution in [0.2, 0.25) is 5.15 Å². The predicted molar refractivity (Wildman–Crippen MR) is 148 cm³/mol. The van der Waals surface area contributed by atoms with E-state index in [1.54, 1.807) is 17.4 Å². The number of benzene rings is 1. The molecule has 1 amide bonds. The molecule has 0 saturated carbocycles. The summed E-state index contributed by atoms with van der Waals surface area (Å²) in [5.41, 5.74) is 4.76. The van der Waals surface area contributed by atoms with Gasteiger partial charge < -0.3 is 10.0 Å². The van der Waals surface area contributed by atoms with Crippen molar-refractivity contribution in [2.24, 2.45) is 0 Å². The molecule has 2 aromatic heterocycles. The molecule has 0 aliphatic carbocycles. The van der Waals surface area contributed by atoms with Crippen LogP contribution in [0.1, 0.15) is 92.5 Å². The third kappa shape index (κ3) is 5.45. The smallest absolute Gasteiger partial charge is 0.256 e. The number of piperidine rings is 1. The quantitative estimate of drug-likeness (QED) is 0.360. The van der Waals surface area contributed by atoms with Crippen molar-refractivity contribution in [2.45, 2.75) is 78.1 Å². The summed E-state index contributed by atoms with van der Waals surface area (Å²) in [6.07, 6.45) is 1.73. The molecule has 1 aromatic carbocycles. The van der Waals surface area contributed by atoms with Gasteiger partial charge in [0.05, 0.1) is 16.3 Å². The van der Waals surface area contributed by atoms with Crippen LogP contribution in [0.25, 0.3) is 11.3 Å². The maximum absolute atomic E-state index is 13.0. The summed E-state index contributed by atoms with van der Waals surface area (Å²) in [4.78, 5) is 24.1. The zero-order valence-electron chi connectivity index (χ0n) is 22.3. The molecular weight excluding hydrogens is 490 g/mol. The molecule has 4 rings (SSSR count). The Balaban J connectivity index is 1.54. The molecule has 3 heterocycles. The lowest BCUT2D eigenvalue weighted by Gasteiger charge is -2.31. The van der Waals surface area contributed by atoms with Crippen LogP contribution < -0.4 is 0 Å². The van der Waals surface area contributed by atoms with Gasteiger partial charge in [-0.05, 0) is 54.9 Å². The molecule has 1 N–H and O–H groups in total. The largest absolute Gasteiger partial charge is 0.507 e. The van der Waals surface area contributed by atoms with Crippen molar-refractivity contribution in [1.29, 1.82) is 0 Å². The van der Waals surface area contributed by atoms with E-state index < -0.39 is 0 Å². The van der Waals surface area contributed by atoms with Gasteiger partial charge in [-0.2, -0.15) is 0 Å². The van der Waals surface area contributed by atoms with Crippen molar-refractivity contribution in [3.05, 3.63) is 62.2 Å². The Morgan fingerprint density at radius 1 is 1.03 bits per heavy atom. The van der Waals surface area contributed by atoms with E-state index in [1.807, 2.05) is 17.9 Å². The first-order chi connectivity index (χ1) is 16.8. The van der Waals surface area contributed by atoms with Gasteiger partial charge in [0.2, 0.25) is 0 Å². The molecule has 0 spiro atoms. The summed E-state index contributed by atoms with van der Waals surface area (Å²) in [7, 11) is 0. The summed E-state index contributed by atoms with van der Waals surface area (Å²) in [6, 6.07) is 7.76. The molecule has 1 aliphatic rings. The highest BCUT2D eigenvalue weighted by atomic mass is 35.5. The Morgan fingerprint density at radius 2 is 1.61 bits per heavy atom. The van der Waals surface area contributed by atoms with Gasteiger partial charge >= 0.3 is 0 Å². The lowest BCUT2D eigenvalue weighted by Crippen LogP contribution is -2.38. The minimum Gasteiger partial charge on any atom is -0.507 e. The van der Waals surface area contributed by atoms with E-state index in [0.717, 1.165) is 45.9 Å². The van der Waals surface area contributed by atoms with Gasteiger partial charge in [0.25, 0.3) is 5.91 Å². The maximum atomic E-state index is 13.0. The van der Waals surface area contributed by atoms with Gasteiger partial charge in [-0.15, -0.1) is 11.3 Å². The van der Waals surface area contributed by atoms with E-state index in [9.17, 15) is 9.90 Å². The van der Waals surface area contributed by atoms with E-state index in [2.05, 4.69) is 64.0 Å². The normalized spacial score (nSPS) is 15.4. The minimum atomic E-state index is -0.186. The summed E-state index contributed by atoms with van der Waals surface area (Å²) < 4.78 is 0. The van der Waals surface area contributed by atoms with Crippen molar-refractivity contribution in [3.63, 3.8) is 0 Å². The number of aromatic nitrogens is 2. The Morgan fingerprint density at radius 3 is 2.14 bits per heavy atom. The molecular formula is C29H36ClN3O2S. The fraction of sp³-hybridized carbons (Fsp3) is 0.483. The van der Waals surface area contributed by atoms with Crippen molar-refractivity contribution < 1.29 is 9.90 Å². The summed E-state index contributed by atoms with van der Waals surface area (Å²) in [5, 5.41) is 14.6. The van der Waals surface area contributed by atoms with Crippen molar-refractivity contribution in [1.82, 2.24) is 14.9 Å². The number of hydrogen-bond acceptors (Lipinski definition) is 5. The molecule has 5 nitrogen and oxygen atoms in total. The van der Waals surface area contributed by atoms with Gasteiger partial charge in [0.15, 0.2) is 0 Å². The van der Waals surface area contributed by atoms with Crippen LogP contribution in [0.15, 0.2) is 29.6 Å². The first-order valence-corrected chi connectivity index (χ1v) is 13.8. The number of carbonyl (C=O) groups is 1. The third-order valence-corrected chi connectivity index (χ3v) is 8.19. The number of hydrogen-bond donors (Lipinski definition) is 1. The van der Waals surface area contributed by atoms with Crippen LogP contribution >= 0.6 is 22.9 Å². The van der Waals surface area contributed by atoms with Gasteiger partial charge in [-0.1, -0.05) is 53.1 Å². The second kappa shape index (κ2) is 9.79. The van der Waals surface area contributed by atoms with Gasteiger partial charge in [-0.3, -0.25) is 4.79 Å². The Hall–Kier alpha value is -2.44. The Labute approximate surface area is 223 Å². The second-order valence-corrected chi connectivity index (χ2v) is 13.1. The molecule has 0 bridgehead atoms. The van der Waals surface area contributed by atoms with E-state index in [0.29, 0.717) is 30.3 Å². The number of carbonyl (C=O) groups excluding carboxylic acids is 1. The average Bonchev–Trinajstić information content (AvgIpc) is 3.28. The number of rotatable bonds is 3. The average molecular weight is 526 g/mol. The van der Waals surface area contributed by atoms with Gasteiger partial charge in [0.1, 0.15) is 10.9 Å². The summed E-state index contributed by atoms with van der Waals surface area (Å²) >= 11 is 7.92. The Kier molecular flexibility index (Phi) is 7.24. The fourth-order valence-corrected chi connectivity index (χ4v) is 6.00. The summed E-state index contributed by atoms with van der Waals surface area (Å²) in [5.74, 6) is 0.648. The van der Waals surface area contributed by atoms with E-state index in [-0.39, 0.29) is 21.9 Å². The number of likely N-dealkylation sites (tertiary alicyclic amines) is 1. The van der Waals surface area contributed by atoms with E-state index in [4.69, 9.17) is 16.6 Å². The maximum Gasteiger partial charge on any atom is 0.256 e. The van der Waals surface area contributed by atoms with Crippen LogP contribution in [0.3, 0.4) is 0 Å². The number of amides is 1. The highest BCUT2D eigenvalue weighted by Crippen LogP contribution is 2.42. The molecule has 192 valence electrons. The summed E-state index contributed by atoms with van der Waals surface area (Å²) in [6.45, 7) is 16.0. The molecule has 0 unspecified atom stereocenters. The minimum absolute atomic E-state index is 0.0562. The van der Waals surface area contributed by atoms with E-state index >= 15 is 0 Å². The third-order valence-electron chi connectivity index (χ3n) is 6.89. The molecule has 0 atom stereocenters. The van der Waals surface area contributed by atoms with Gasteiger partial charge in [-0.25, -0.2) is 9.97 Å². The number of nitrogens with zero attached hydrogens (tertiary/aromatic N) is 3. The lowest BCUT2D eigenvalue weighted by molar-refractivity contribution is 0.0712. The molecule has 3 aromatic rings. The first-order valence-electron chi connectivity index (χ1n) is 12.5. The molecule has 1 saturated heterocycles. The number of aryl methyl sites for hydroxylation is 1. The number of halogens is 1. The highest BCUT2D eigenvalue weighted by Gasteiger charge is 2.29. The van der Waals surface area contributed by atoms with Crippen molar-refractivity contribution >= 4 is 28.8 Å². The molecule has 1 aliphatic heterocycles. The zero-order valence-corrected chi connectivity index (χ0v) is 23.8. The topological polar surface area (TPSA) is 66.3 Å². The molecule has 1 fully saturated rings.